The van der Waals surface area contributed by atoms with Crippen molar-refractivity contribution in [3.8, 4) is 0 Å². The normalized spacial score (nSPS) is 10.7. The average molecular weight is 278 g/mol. The van der Waals surface area contributed by atoms with Crippen LogP contribution in [0.25, 0.3) is 10.9 Å². The van der Waals surface area contributed by atoms with Crippen molar-refractivity contribution in [1.29, 1.82) is 0 Å². The van der Waals surface area contributed by atoms with Gasteiger partial charge in [0.2, 0.25) is 0 Å². The first-order valence-corrected chi connectivity index (χ1v) is 6.30. The highest BCUT2D eigenvalue weighted by atomic mass is 19.1. The van der Waals surface area contributed by atoms with Crippen LogP contribution in [-0.2, 0) is 4.79 Å². The predicted molar refractivity (Wildman–Crippen MR) is 72.1 cm³/mol. The van der Waals surface area contributed by atoms with Crippen molar-refractivity contribution in [3.05, 3.63) is 35.8 Å². The Balaban J connectivity index is 2.30. The molecule has 1 amide bonds. The van der Waals surface area contributed by atoms with E-state index in [0.717, 1.165) is 0 Å². The fraction of sp³-hybridized carbons (Fsp3) is 0.286. The van der Waals surface area contributed by atoms with E-state index >= 15 is 0 Å². The number of carboxylic acid groups (broad SMARTS) is 1. The third-order valence-corrected chi connectivity index (χ3v) is 2.92. The van der Waals surface area contributed by atoms with Crippen LogP contribution in [0.2, 0.25) is 0 Å². The lowest BCUT2D eigenvalue weighted by molar-refractivity contribution is -0.137. The van der Waals surface area contributed by atoms with Gasteiger partial charge >= 0.3 is 5.97 Å². The summed E-state index contributed by atoms with van der Waals surface area (Å²) in [6.07, 6.45) is 0.661. The lowest BCUT2D eigenvalue weighted by atomic mass is 10.2. The van der Waals surface area contributed by atoms with Gasteiger partial charge in [-0.3, -0.25) is 9.59 Å². The van der Waals surface area contributed by atoms with Gasteiger partial charge in [-0.25, -0.2) is 4.39 Å². The molecule has 0 aliphatic carbocycles. The van der Waals surface area contributed by atoms with Crippen LogP contribution in [0, 0.1) is 5.82 Å². The number of carboxylic acids is 1. The van der Waals surface area contributed by atoms with E-state index < -0.39 is 11.9 Å². The van der Waals surface area contributed by atoms with Crippen LogP contribution in [0.3, 0.4) is 0 Å². The number of hydrogen-bond acceptors (Lipinski definition) is 2. The number of H-pyrrole nitrogens is 1. The Labute approximate surface area is 115 Å². The predicted octanol–water partition coefficient (Wildman–Crippen LogP) is 2.24. The van der Waals surface area contributed by atoms with E-state index in [1.54, 1.807) is 6.07 Å². The Morgan fingerprint density at radius 2 is 2.10 bits per heavy atom. The Hall–Kier alpha value is -2.37. The molecule has 2 N–H and O–H groups in total. The Morgan fingerprint density at radius 1 is 1.35 bits per heavy atom. The number of rotatable bonds is 5. The molecule has 0 radical (unpaired) electrons. The van der Waals surface area contributed by atoms with Crippen LogP contribution in [0.4, 0.5) is 4.39 Å². The molecule has 0 atom stereocenters. The molecule has 1 aromatic heterocycles. The van der Waals surface area contributed by atoms with Crippen LogP contribution in [-0.4, -0.2) is 40.0 Å². The van der Waals surface area contributed by atoms with Gasteiger partial charge in [0, 0.05) is 17.4 Å². The van der Waals surface area contributed by atoms with Crippen LogP contribution in [0.15, 0.2) is 24.3 Å². The molecule has 2 aromatic rings. The van der Waals surface area contributed by atoms with E-state index in [-0.39, 0.29) is 18.1 Å². The SMILES string of the molecule is CCCN(CC(=O)O)C(=O)c1cc2cc(F)ccc2[nH]1. The molecule has 0 bridgehead atoms. The third-order valence-electron chi connectivity index (χ3n) is 2.92. The Bertz CT molecular complexity index is 651. The number of carbonyl (C=O) groups is 2. The number of aliphatic carboxylic acids is 1. The monoisotopic (exact) mass is 278 g/mol. The highest BCUT2D eigenvalue weighted by Crippen LogP contribution is 2.18. The second-order valence-electron chi connectivity index (χ2n) is 4.54. The molecule has 106 valence electrons. The first-order valence-electron chi connectivity index (χ1n) is 6.30. The van der Waals surface area contributed by atoms with Crippen LogP contribution >= 0.6 is 0 Å². The minimum atomic E-state index is -1.06. The molecule has 6 heteroatoms. The number of aromatic nitrogens is 1. The van der Waals surface area contributed by atoms with E-state index in [2.05, 4.69) is 4.98 Å². The fourth-order valence-electron chi connectivity index (χ4n) is 2.07. The van der Waals surface area contributed by atoms with Crippen LogP contribution < -0.4 is 0 Å². The van der Waals surface area contributed by atoms with Crippen molar-refractivity contribution >= 4 is 22.8 Å². The molecule has 0 saturated heterocycles. The molecule has 0 unspecified atom stereocenters. The molecule has 0 fully saturated rings. The molecule has 2 rings (SSSR count). The number of amides is 1. The summed E-state index contributed by atoms with van der Waals surface area (Å²) >= 11 is 0. The standard InChI is InChI=1S/C14H15FN2O3/c1-2-5-17(8-13(18)19)14(20)12-7-9-6-10(15)3-4-11(9)16-12/h3-4,6-7,16H,2,5,8H2,1H3,(H,18,19). The molecule has 5 nitrogen and oxygen atoms in total. The van der Waals surface area contributed by atoms with Crippen LogP contribution in [0.1, 0.15) is 23.8 Å². The zero-order valence-corrected chi connectivity index (χ0v) is 11.0. The molecule has 1 heterocycles. The van der Waals surface area contributed by atoms with Crippen molar-refractivity contribution < 1.29 is 19.1 Å². The smallest absolute Gasteiger partial charge is 0.323 e. The minimum Gasteiger partial charge on any atom is -0.480 e. The number of hydrogen-bond donors (Lipinski definition) is 2. The van der Waals surface area contributed by atoms with Crippen molar-refractivity contribution in [2.24, 2.45) is 0 Å². The van der Waals surface area contributed by atoms with Crippen molar-refractivity contribution in [2.45, 2.75) is 13.3 Å². The number of benzene rings is 1. The van der Waals surface area contributed by atoms with Gasteiger partial charge in [-0.2, -0.15) is 0 Å². The third kappa shape index (κ3) is 2.96. The number of aromatic amines is 1. The number of carbonyl (C=O) groups excluding carboxylic acids is 1. The molecule has 1 aromatic carbocycles. The van der Waals surface area contributed by atoms with Crippen LogP contribution in [0.5, 0.6) is 0 Å². The Kier molecular flexibility index (Phi) is 4.02. The van der Waals surface area contributed by atoms with E-state index in [1.807, 2.05) is 6.92 Å². The molecular weight excluding hydrogens is 263 g/mol. The summed E-state index contributed by atoms with van der Waals surface area (Å²) < 4.78 is 13.1. The van der Waals surface area contributed by atoms with Crippen molar-refractivity contribution in [3.63, 3.8) is 0 Å². The number of nitrogens with zero attached hydrogens (tertiary/aromatic N) is 1. The molecule has 20 heavy (non-hydrogen) atoms. The van der Waals surface area contributed by atoms with Crippen molar-refractivity contribution in [1.82, 2.24) is 9.88 Å². The van der Waals surface area contributed by atoms with Gasteiger partial charge in [0.05, 0.1) is 0 Å². The van der Waals surface area contributed by atoms with Gasteiger partial charge in [-0.15, -0.1) is 0 Å². The lowest BCUT2D eigenvalue weighted by Crippen LogP contribution is -2.36. The summed E-state index contributed by atoms with van der Waals surface area (Å²) in [7, 11) is 0. The fourth-order valence-corrected chi connectivity index (χ4v) is 2.07. The molecule has 0 saturated carbocycles. The first kappa shape index (κ1) is 14.0. The molecule has 0 aliphatic heterocycles. The molecule has 0 aliphatic rings. The second-order valence-corrected chi connectivity index (χ2v) is 4.54. The van der Waals surface area contributed by atoms with Gasteiger partial charge in [0.1, 0.15) is 18.1 Å². The van der Waals surface area contributed by atoms with E-state index in [9.17, 15) is 14.0 Å². The quantitative estimate of drug-likeness (QED) is 0.881. The average Bonchev–Trinajstić information content (AvgIpc) is 2.79. The summed E-state index contributed by atoms with van der Waals surface area (Å²) in [4.78, 5) is 27.2. The number of nitrogens with one attached hydrogen (secondary N) is 1. The molecular formula is C14H15FN2O3. The number of fused-ring (bicyclic) bond motifs is 1. The lowest BCUT2D eigenvalue weighted by Gasteiger charge is -2.18. The summed E-state index contributed by atoms with van der Waals surface area (Å²) in [5.74, 6) is -1.84. The van der Waals surface area contributed by atoms with Gasteiger partial charge in [-0.05, 0) is 30.7 Å². The summed E-state index contributed by atoms with van der Waals surface area (Å²) in [6, 6.07) is 5.70. The van der Waals surface area contributed by atoms with E-state index in [4.69, 9.17) is 5.11 Å². The summed E-state index contributed by atoms with van der Waals surface area (Å²) in [5, 5.41) is 9.41. The summed E-state index contributed by atoms with van der Waals surface area (Å²) in [6.45, 7) is 1.87. The Morgan fingerprint density at radius 3 is 2.75 bits per heavy atom. The van der Waals surface area contributed by atoms with E-state index in [1.165, 1.54) is 23.1 Å². The zero-order valence-electron chi connectivity index (χ0n) is 11.0. The highest BCUT2D eigenvalue weighted by Gasteiger charge is 2.19. The van der Waals surface area contributed by atoms with Crippen molar-refractivity contribution in [2.75, 3.05) is 13.1 Å². The maximum Gasteiger partial charge on any atom is 0.323 e. The summed E-state index contributed by atoms with van der Waals surface area (Å²) in [5.41, 5.74) is 0.904. The minimum absolute atomic E-state index is 0.264. The largest absolute Gasteiger partial charge is 0.480 e. The second kappa shape index (κ2) is 5.73. The first-order chi connectivity index (χ1) is 9.51. The van der Waals surface area contributed by atoms with Gasteiger partial charge < -0.3 is 15.0 Å². The molecule has 0 spiro atoms. The van der Waals surface area contributed by atoms with E-state index in [0.29, 0.717) is 23.9 Å². The zero-order chi connectivity index (χ0) is 14.7. The number of halogens is 1. The maximum atomic E-state index is 13.1. The van der Waals surface area contributed by atoms with Gasteiger partial charge in [0.15, 0.2) is 0 Å². The van der Waals surface area contributed by atoms with Gasteiger partial charge in [-0.1, -0.05) is 6.92 Å². The highest BCUT2D eigenvalue weighted by molar-refractivity contribution is 5.99. The topological polar surface area (TPSA) is 73.4 Å². The maximum absolute atomic E-state index is 13.1. The van der Waals surface area contributed by atoms with Gasteiger partial charge in [0.25, 0.3) is 5.91 Å².